The Balaban J connectivity index is 2.24. The summed E-state index contributed by atoms with van der Waals surface area (Å²) >= 11 is 0. The Morgan fingerprint density at radius 3 is 2.52 bits per heavy atom. The molecule has 1 aromatic rings. The van der Waals surface area contributed by atoms with Gasteiger partial charge in [-0.05, 0) is 57.2 Å². The average Bonchev–Trinajstić information content (AvgIpc) is 3.46. The molecule has 25 heavy (non-hydrogen) atoms. The summed E-state index contributed by atoms with van der Waals surface area (Å²) in [5.74, 6) is -0.0588. The summed E-state index contributed by atoms with van der Waals surface area (Å²) in [6, 6.07) is 4.96. The molecule has 0 aromatic heterocycles. The van der Waals surface area contributed by atoms with E-state index in [0.29, 0.717) is 11.4 Å². The van der Waals surface area contributed by atoms with Gasteiger partial charge in [0.2, 0.25) is 0 Å². The third-order valence-electron chi connectivity index (χ3n) is 4.78. The fourth-order valence-corrected chi connectivity index (χ4v) is 2.61. The Labute approximate surface area is 148 Å². The summed E-state index contributed by atoms with van der Waals surface area (Å²) in [5.41, 5.74) is -0.0749. The summed E-state index contributed by atoms with van der Waals surface area (Å²) in [4.78, 5) is 24.7. The number of ether oxygens (including phenoxy) is 3. The molecule has 1 aromatic carbocycles. The van der Waals surface area contributed by atoms with Crippen LogP contribution >= 0.6 is 0 Å². The zero-order valence-corrected chi connectivity index (χ0v) is 15.5. The number of carbonyl (C=O) groups is 2. The molecule has 2 rings (SSSR count). The first-order valence-corrected chi connectivity index (χ1v) is 8.61. The molecule has 138 valence electrons. The molecule has 1 aliphatic rings. The highest BCUT2D eigenvalue weighted by Gasteiger charge is 2.47. The van der Waals surface area contributed by atoms with Crippen LogP contribution in [0, 0.1) is 5.92 Å². The van der Waals surface area contributed by atoms with Crippen LogP contribution in [-0.2, 0) is 14.3 Å². The van der Waals surface area contributed by atoms with Gasteiger partial charge in [-0.15, -0.1) is 0 Å². The highest BCUT2D eigenvalue weighted by molar-refractivity contribution is 5.99. The first-order valence-electron chi connectivity index (χ1n) is 8.61. The predicted molar refractivity (Wildman–Crippen MR) is 94.9 cm³/mol. The van der Waals surface area contributed by atoms with Crippen molar-refractivity contribution in [2.75, 3.05) is 19.5 Å². The van der Waals surface area contributed by atoms with Gasteiger partial charge in [-0.1, -0.05) is 6.92 Å². The summed E-state index contributed by atoms with van der Waals surface area (Å²) in [6.07, 6.45) is 2.74. The van der Waals surface area contributed by atoms with Gasteiger partial charge in [0.15, 0.2) is 0 Å². The third kappa shape index (κ3) is 4.31. The number of amides is 1. The van der Waals surface area contributed by atoms with Crippen LogP contribution in [0.3, 0.4) is 0 Å². The fourth-order valence-electron chi connectivity index (χ4n) is 2.61. The summed E-state index contributed by atoms with van der Waals surface area (Å²) in [5, 5.41) is 2.84. The zero-order valence-electron chi connectivity index (χ0n) is 15.5. The van der Waals surface area contributed by atoms with Gasteiger partial charge in [0, 0.05) is 12.8 Å². The van der Waals surface area contributed by atoms with E-state index in [-0.39, 0.29) is 23.5 Å². The van der Waals surface area contributed by atoms with E-state index in [1.807, 2.05) is 13.8 Å². The minimum atomic E-state index is -0.864. The number of carbonyl (C=O) groups excluding carboxylic acids is 2. The van der Waals surface area contributed by atoms with Crippen LogP contribution in [0.25, 0.3) is 0 Å². The topological polar surface area (TPSA) is 73.9 Å². The van der Waals surface area contributed by atoms with Crippen molar-refractivity contribution in [3.05, 3.63) is 23.8 Å². The molecule has 0 heterocycles. The second-order valence-electron chi connectivity index (χ2n) is 6.58. The number of benzene rings is 1. The Hall–Kier alpha value is -2.08. The van der Waals surface area contributed by atoms with Gasteiger partial charge in [-0.2, -0.15) is 0 Å². The second kappa shape index (κ2) is 7.87. The van der Waals surface area contributed by atoms with E-state index in [4.69, 9.17) is 14.2 Å². The largest absolute Gasteiger partial charge is 0.490 e. The van der Waals surface area contributed by atoms with Crippen LogP contribution in [0.2, 0.25) is 0 Å². The van der Waals surface area contributed by atoms with Crippen LogP contribution in [0.15, 0.2) is 18.2 Å². The maximum absolute atomic E-state index is 12.6. The van der Waals surface area contributed by atoms with Gasteiger partial charge in [0.1, 0.15) is 16.9 Å². The van der Waals surface area contributed by atoms with Crippen molar-refractivity contribution in [3.8, 4) is 5.75 Å². The van der Waals surface area contributed by atoms with Crippen molar-refractivity contribution in [2.24, 2.45) is 5.92 Å². The highest BCUT2D eigenvalue weighted by atomic mass is 16.5. The first-order chi connectivity index (χ1) is 11.8. The monoisotopic (exact) mass is 349 g/mol. The lowest BCUT2D eigenvalue weighted by atomic mass is 9.99. The summed E-state index contributed by atoms with van der Waals surface area (Å²) in [6.45, 7) is 5.72. The summed E-state index contributed by atoms with van der Waals surface area (Å²) in [7, 11) is 2.86. The standard InChI is InChI=1S/C19H27NO5/c1-6-12(2)25-16-10-9-14(11-15(16)17(21)23-4)20-18(22)19(3,24-5)13-7-8-13/h9-13H,6-8H2,1-5H3,(H,20,22)/t12-,19-/m1/s1. The maximum Gasteiger partial charge on any atom is 0.341 e. The average molecular weight is 349 g/mol. The number of methoxy groups -OCH3 is 2. The first kappa shape index (κ1) is 19.2. The molecule has 6 nitrogen and oxygen atoms in total. The van der Waals surface area contributed by atoms with Gasteiger partial charge >= 0.3 is 5.97 Å². The maximum atomic E-state index is 12.6. The summed E-state index contributed by atoms with van der Waals surface area (Å²) < 4.78 is 16.1. The number of esters is 1. The molecule has 1 fully saturated rings. The predicted octanol–water partition coefficient (Wildman–Crippen LogP) is 3.40. The molecule has 1 aliphatic carbocycles. The van der Waals surface area contributed by atoms with Gasteiger partial charge < -0.3 is 19.5 Å². The van der Waals surface area contributed by atoms with Crippen molar-refractivity contribution >= 4 is 17.6 Å². The lowest BCUT2D eigenvalue weighted by molar-refractivity contribution is -0.138. The molecule has 0 saturated heterocycles. The van der Waals surface area contributed by atoms with Crippen LogP contribution in [0.4, 0.5) is 5.69 Å². The van der Waals surface area contributed by atoms with Crippen molar-refractivity contribution in [2.45, 2.75) is 51.7 Å². The molecule has 0 unspecified atom stereocenters. The molecule has 0 bridgehead atoms. The van der Waals surface area contributed by atoms with Crippen molar-refractivity contribution < 1.29 is 23.8 Å². The van der Waals surface area contributed by atoms with E-state index in [1.165, 1.54) is 7.11 Å². The smallest absolute Gasteiger partial charge is 0.341 e. The van der Waals surface area contributed by atoms with E-state index in [0.717, 1.165) is 19.3 Å². The van der Waals surface area contributed by atoms with E-state index in [9.17, 15) is 9.59 Å². The normalized spacial score (nSPS) is 17.3. The van der Waals surface area contributed by atoms with E-state index < -0.39 is 11.6 Å². The molecule has 1 amide bonds. The number of anilines is 1. The minimum absolute atomic E-state index is 0.0319. The van der Waals surface area contributed by atoms with E-state index in [2.05, 4.69) is 5.32 Å². The molecule has 0 spiro atoms. The van der Waals surface area contributed by atoms with Crippen LogP contribution in [-0.4, -0.2) is 37.8 Å². The number of rotatable bonds is 8. The van der Waals surface area contributed by atoms with Crippen LogP contribution < -0.4 is 10.1 Å². The number of nitrogens with one attached hydrogen (secondary N) is 1. The van der Waals surface area contributed by atoms with Crippen molar-refractivity contribution in [1.82, 2.24) is 0 Å². The van der Waals surface area contributed by atoms with Gasteiger partial charge in [0.25, 0.3) is 5.91 Å². The quantitative estimate of drug-likeness (QED) is 0.728. The second-order valence-corrected chi connectivity index (χ2v) is 6.58. The molecule has 6 heteroatoms. The Morgan fingerprint density at radius 1 is 1.32 bits per heavy atom. The Kier molecular flexibility index (Phi) is 6.06. The van der Waals surface area contributed by atoms with E-state index in [1.54, 1.807) is 32.2 Å². The molecule has 1 N–H and O–H groups in total. The van der Waals surface area contributed by atoms with Crippen molar-refractivity contribution in [3.63, 3.8) is 0 Å². The molecule has 0 radical (unpaired) electrons. The third-order valence-corrected chi connectivity index (χ3v) is 4.78. The van der Waals surface area contributed by atoms with Crippen LogP contribution in [0.5, 0.6) is 5.75 Å². The lowest BCUT2D eigenvalue weighted by Gasteiger charge is -2.27. The lowest BCUT2D eigenvalue weighted by Crippen LogP contribution is -2.44. The van der Waals surface area contributed by atoms with Gasteiger partial charge in [0.05, 0.1) is 13.2 Å². The fraction of sp³-hybridized carbons (Fsp3) is 0.579. The molecule has 0 aliphatic heterocycles. The molecule has 2 atom stereocenters. The van der Waals surface area contributed by atoms with Gasteiger partial charge in [-0.25, -0.2) is 4.79 Å². The van der Waals surface area contributed by atoms with Crippen LogP contribution in [0.1, 0.15) is 50.4 Å². The molecular formula is C19H27NO5. The Morgan fingerprint density at radius 2 is 2.00 bits per heavy atom. The zero-order chi connectivity index (χ0) is 18.6. The number of hydrogen-bond acceptors (Lipinski definition) is 5. The highest BCUT2D eigenvalue weighted by Crippen LogP contribution is 2.42. The van der Waals surface area contributed by atoms with Gasteiger partial charge in [-0.3, -0.25) is 4.79 Å². The molecular weight excluding hydrogens is 322 g/mol. The van der Waals surface area contributed by atoms with Crippen molar-refractivity contribution in [1.29, 1.82) is 0 Å². The minimum Gasteiger partial charge on any atom is -0.490 e. The molecule has 1 saturated carbocycles. The number of hydrogen-bond donors (Lipinski definition) is 1. The SMILES string of the molecule is CC[C@@H](C)Oc1ccc(NC(=O)[C@](C)(OC)C2CC2)cc1C(=O)OC. The van der Waals surface area contributed by atoms with E-state index >= 15 is 0 Å². The Bertz CT molecular complexity index is 641.